The zero-order chi connectivity index (χ0) is 29.0. The van der Waals surface area contributed by atoms with Gasteiger partial charge in [0.15, 0.2) is 9.84 Å². The number of esters is 2. The Kier molecular flexibility index (Phi) is 13.5. The summed E-state index contributed by atoms with van der Waals surface area (Å²) >= 11 is 0. The summed E-state index contributed by atoms with van der Waals surface area (Å²) in [7, 11) is -3.76. The lowest BCUT2D eigenvalue weighted by Gasteiger charge is -2.30. The molecule has 0 fully saturated rings. The second-order valence-corrected chi connectivity index (χ2v) is 14.0. The van der Waals surface area contributed by atoms with E-state index in [0.29, 0.717) is 51.7 Å². The van der Waals surface area contributed by atoms with E-state index in [2.05, 4.69) is 0 Å². The predicted molar refractivity (Wildman–Crippen MR) is 152 cm³/mol. The first kappa shape index (κ1) is 34.1. The van der Waals surface area contributed by atoms with E-state index in [1.807, 2.05) is 34.6 Å². The van der Waals surface area contributed by atoms with Crippen LogP contribution in [0.3, 0.4) is 0 Å². The molecule has 0 atom stereocenters. The van der Waals surface area contributed by atoms with Gasteiger partial charge in [-0.2, -0.15) is 0 Å². The SMILES string of the molecule is CCOC(=O)C(C)(C)CCCCCC(N)(CCCCCC(C)(C)C(=O)OCC)S(=O)(=O)c1ccc(C)cc1. The van der Waals surface area contributed by atoms with Gasteiger partial charge in [-0.25, -0.2) is 8.42 Å². The first-order valence-corrected chi connectivity index (χ1v) is 15.6. The smallest absolute Gasteiger partial charge is 0.311 e. The molecule has 8 heteroatoms. The van der Waals surface area contributed by atoms with Crippen molar-refractivity contribution in [2.24, 2.45) is 16.6 Å². The van der Waals surface area contributed by atoms with Gasteiger partial charge in [-0.1, -0.05) is 56.2 Å². The molecule has 218 valence electrons. The molecule has 1 aromatic carbocycles. The topological polar surface area (TPSA) is 113 Å². The summed E-state index contributed by atoms with van der Waals surface area (Å²) in [5.41, 5.74) is 6.57. The number of sulfone groups is 1. The maximum absolute atomic E-state index is 13.7. The van der Waals surface area contributed by atoms with Gasteiger partial charge in [0.1, 0.15) is 4.87 Å². The third-order valence-electron chi connectivity index (χ3n) is 7.33. The van der Waals surface area contributed by atoms with Crippen LogP contribution in [0.5, 0.6) is 0 Å². The van der Waals surface area contributed by atoms with E-state index in [-0.39, 0.29) is 16.8 Å². The normalized spacial score (nSPS) is 12.8. The van der Waals surface area contributed by atoms with Gasteiger partial charge >= 0.3 is 11.9 Å². The summed E-state index contributed by atoms with van der Waals surface area (Å²) in [6.07, 6.45) is 6.46. The molecule has 1 rings (SSSR count). The maximum atomic E-state index is 13.7. The minimum atomic E-state index is -3.76. The molecule has 0 amide bonds. The molecule has 0 aliphatic carbocycles. The minimum absolute atomic E-state index is 0.207. The Morgan fingerprint density at radius 2 is 1.08 bits per heavy atom. The average molecular weight is 554 g/mol. The molecule has 38 heavy (non-hydrogen) atoms. The van der Waals surface area contributed by atoms with Gasteiger partial charge < -0.3 is 15.2 Å². The Balaban J connectivity index is 2.83. The summed E-state index contributed by atoms with van der Waals surface area (Å²) in [6, 6.07) is 6.86. The molecule has 0 heterocycles. The van der Waals surface area contributed by atoms with Crippen molar-refractivity contribution in [3.05, 3.63) is 29.8 Å². The standard InChI is InChI=1S/C30H51NO6S/c1-8-36-26(32)28(4,5)20-12-10-14-22-30(31,38(34,35)25-18-16-24(3)17-19-25)23-15-11-13-21-29(6,7)27(33)37-9-2/h16-19H,8-15,20-23,31H2,1-7H3. The molecular weight excluding hydrogens is 502 g/mol. The number of nitrogens with two attached hydrogens (primary N) is 1. The van der Waals surface area contributed by atoms with E-state index in [0.717, 1.165) is 31.2 Å². The van der Waals surface area contributed by atoms with E-state index < -0.39 is 25.5 Å². The number of ether oxygens (including phenoxy) is 2. The molecule has 0 unspecified atom stereocenters. The first-order valence-electron chi connectivity index (χ1n) is 14.1. The summed E-state index contributed by atoms with van der Waals surface area (Å²) in [4.78, 5) is 23.2. The number of benzene rings is 1. The van der Waals surface area contributed by atoms with E-state index in [1.54, 1.807) is 38.1 Å². The Hall–Kier alpha value is -1.93. The van der Waals surface area contributed by atoms with Crippen LogP contribution in [0.15, 0.2) is 29.2 Å². The van der Waals surface area contributed by atoms with Gasteiger partial charge in [-0.05, 0) is 86.3 Å². The first-order chi connectivity index (χ1) is 17.6. The van der Waals surface area contributed by atoms with Crippen molar-refractivity contribution in [2.45, 2.75) is 122 Å². The Morgan fingerprint density at radius 3 is 1.45 bits per heavy atom. The predicted octanol–water partition coefficient (Wildman–Crippen LogP) is 6.50. The third-order valence-corrected chi connectivity index (χ3v) is 9.70. The molecule has 0 bridgehead atoms. The average Bonchev–Trinajstić information content (AvgIpc) is 2.84. The van der Waals surface area contributed by atoms with Crippen molar-refractivity contribution < 1.29 is 27.5 Å². The zero-order valence-corrected chi connectivity index (χ0v) is 25.5. The zero-order valence-electron chi connectivity index (χ0n) is 24.7. The van der Waals surface area contributed by atoms with E-state index in [9.17, 15) is 18.0 Å². The fourth-order valence-corrected chi connectivity index (χ4v) is 6.33. The van der Waals surface area contributed by atoms with Gasteiger partial charge in [-0.15, -0.1) is 0 Å². The Labute approximate surface area is 231 Å². The van der Waals surface area contributed by atoms with Crippen LogP contribution < -0.4 is 5.73 Å². The van der Waals surface area contributed by atoms with E-state index in [1.165, 1.54) is 0 Å². The molecule has 0 saturated heterocycles. The molecule has 0 aromatic heterocycles. The molecule has 0 radical (unpaired) electrons. The molecule has 0 saturated carbocycles. The lowest BCUT2D eigenvalue weighted by molar-refractivity contribution is -0.154. The van der Waals surface area contributed by atoms with E-state index >= 15 is 0 Å². The number of rotatable bonds is 18. The summed E-state index contributed by atoms with van der Waals surface area (Å²) in [5.74, 6) is -0.414. The summed E-state index contributed by atoms with van der Waals surface area (Å²) < 4.78 is 37.7. The highest BCUT2D eigenvalue weighted by molar-refractivity contribution is 7.92. The van der Waals surface area contributed by atoms with Crippen LogP contribution in [-0.4, -0.2) is 38.4 Å². The molecule has 7 nitrogen and oxygen atoms in total. The fraction of sp³-hybridized carbons (Fsp3) is 0.733. The van der Waals surface area contributed by atoms with Gasteiger partial charge in [-0.3, -0.25) is 9.59 Å². The Morgan fingerprint density at radius 1 is 0.711 bits per heavy atom. The molecule has 1 aromatic rings. The van der Waals surface area contributed by atoms with E-state index in [4.69, 9.17) is 15.2 Å². The van der Waals surface area contributed by atoms with Crippen LogP contribution >= 0.6 is 0 Å². The number of carbonyl (C=O) groups is 2. The maximum Gasteiger partial charge on any atom is 0.311 e. The van der Waals surface area contributed by atoms with Crippen LogP contribution in [0.4, 0.5) is 0 Å². The highest BCUT2D eigenvalue weighted by Gasteiger charge is 2.40. The van der Waals surface area contributed by atoms with Crippen molar-refractivity contribution >= 4 is 21.8 Å². The van der Waals surface area contributed by atoms with Crippen LogP contribution in [0, 0.1) is 17.8 Å². The van der Waals surface area contributed by atoms with Crippen molar-refractivity contribution in [1.29, 1.82) is 0 Å². The highest BCUT2D eigenvalue weighted by Crippen LogP contribution is 2.33. The summed E-state index contributed by atoms with van der Waals surface area (Å²) in [6.45, 7) is 13.7. The third kappa shape index (κ3) is 9.99. The highest BCUT2D eigenvalue weighted by atomic mass is 32.2. The largest absolute Gasteiger partial charge is 0.466 e. The number of hydrogen-bond acceptors (Lipinski definition) is 7. The van der Waals surface area contributed by atoms with Gasteiger partial charge in [0.25, 0.3) is 0 Å². The van der Waals surface area contributed by atoms with Gasteiger partial charge in [0.05, 0.1) is 28.9 Å². The van der Waals surface area contributed by atoms with Crippen LogP contribution in [0.1, 0.15) is 111 Å². The molecule has 0 spiro atoms. The molecular formula is C30H51NO6S. The van der Waals surface area contributed by atoms with Crippen molar-refractivity contribution in [2.75, 3.05) is 13.2 Å². The second-order valence-electron chi connectivity index (χ2n) is 11.7. The lowest BCUT2D eigenvalue weighted by atomic mass is 9.86. The lowest BCUT2D eigenvalue weighted by Crippen LogP contribution is -2.47. The van der Waals surface area contributed by atoms with Crippen LogP contribution in [-0.2, 0) is 28.9 Å². The number of unbranched alkanes of at least 4 members (excludes halogenated alkanes) is 4. The number of hydrogen-bond donors (Lipinski definition) is 1. The Bertz CT molecular complexity index is 943. The second kappa shape index (κ2) is 15.0. The van der Waals surface area contributed by atoms with Crippen molar-refractivity contribution in [3.8, 4) is 0 Å². The monoisotopic (exact) mass is 553 g/mol. The molecule has 0 aliphatic heterocycles. The van der Waals surface area contributed by atoms with Crippen molar-refractivity contribution in [1.82, 2.24) is 0 Å². The van der Waals surface area contributed by atoms with Gasteiger partial charge in [0.2, 0.25) is 0 Å². The summed E-state index contributed by atoms with van der Waals surface area (Å²) in [5, 5.41) is 0. The number of aryl methyl sites for hydroxylation is 1. The quantitative estimate of drug-likeness (QED) is 0.163. The van der Waals surface area contributed by atoms with Crippen LogP contribution in [0.25, 0.3) is 0 Å². The minimum Gasteiger partial charge on any atom is -0.466 e. The molecule has 0 aliphatic rings. The number of carbonyl (C=O) groups excluding carboxylic acids is 2. The van der Waals surface area contributed by atoms with Crippen LogP contribution in [0.2, 0.25) is 0 Å². The van der Waals surface area contributed by atoms with Crippen molar-refractivity contribution in [3.63, 3.8) is 0 Å². The van der Waals surface area contributed by atoms with Gasteiger partial charge in [0, 0.05) is 0 Å². The fourth-order valence-electron chi connectivity index (χ4n) is 4.54. The molecule has 2 N–H and O–H groups in total.